The van der Waals surface area contributed by atoms with E-state index in [1.54, 1.807) is 0 Å². The molecular weight excluding hydrogens is 499 g/mol. The number of fused-ring (bicyclic) bond motifs is 3. The van der Waals surface area contributed by atoms with Crippen LogP contribution >= 0.6 is 0 Å². The number of benzene rings is 1. The first-order valence-corrected chi connectivity index (χ1v) is 12.9. The molecule has 5 rings (SSSR count). The van der Waals surface area contributed by atoms with Crippen molar-refractivity contribution in [1.29, 1.82) is 0 Å². The molecule has 3 heterocycles. The van der Waals surface area contributed by atoms with Crippen LogP contribution in [0, 0.1) is 17.5 Å². The van der Waals surface area contributed by atoms with Crippen molar-refractivity contribution in [1.82, 2.24) is 20.1 Å². The Balaban J connectivity index is 1.61. The third-order valence-electron chi connectivity index (χ3n) is 6.40. The van der Waals surface area contributed by atoms with Crippen LogP contribution in [0.25, 0.3) is 11.4 Å². The monoisotopic (exact) mass is 519 g/mol. The van der Waals surface area contributed by atoms with Crippen LogP contribution in [0.4, 0.5) is 18.9 Å². The maximum Gasteiger partial charge on any atom is 0.272 e. The summed E-state index contributed by atoms with van der Waals surface area (Å²) in [6, 6.07) is 4.39. The highest BCUT2D eigenvalue weighted by molar-refractivity contribution is 7.92. The zero-order valence-electron chi connectivity index (χ0n) is 18.9. The van der Waals surface area contributed by atoms with Gasteiger partial charge >= 0.3 is 0 Å². The highest BCUT2D eigenvalue weighted by Crippen LogP contribution is 2.44. The van der Waals surface area contributed by atoms with Gasteiger partial charge in [-0.05, 0) is 36.6 Å². The Morgan fingerprint density at radius 1 is 1.22 bits per heavy atom. The topological polar surface area (TPSA) is 123 Å². The van der Waals surface area contributed by atoms with E-state index in [1.165, 1.54) is 23.7 Å². The predicted molar refractivity (Wildman–Crippen MR) is 122 cm³/mol. The molecule has 0 radical (unpaired) electrons. The first-order valence-electron chi connectivity index (χ1n) is 11.1. The molecule has 0 fully saturated rings. The number of hydrogen-bond donors (Lipinski definition) is 2. The fourth-order valence-corrected chi connectivity index (χ4v) is 5.46. The van der Waals surface area contributed by atoms with Crippen LogP contribution in [0.15, 0.2) is 30.5 Å². The predicted octanol–water partition coefficient (Wildman–Crippen LogP) is 2.32. The Bertz CT molecular complexity index is 1520. The number of hydrogen-bond acceptors (Lipinski definition) is 6. The molecule has 3 aromatic rings. The molecule has 0 bridgehead atoms. The summed E-state index contributed by atoms with van der Waals surface area (Å²) in [5.41, 5.74) is -0.674. The van der Waals surface area contributed by atoms with Gasteiger partial charge in [0.05, 0.1) is 24.0 Å². The van der Waals surface area contributed by atoms with E-state index in [1.807, 2.05) is 0 Å². The molecule has 1 aliphatic heterocycles. The summed E-state index contributed by atoms with van der Waals surface area (Å²) in [5.74, 6) is -4.80. The smallest absolute Gasteiger partial charge is 0.272 e. The maximum atomic E-state index is 14.9. The summed E-state index contributed by atoms with van der Waals surface area (Å²) < 4.78 is 67.3. The number of aryl methyl sites for hydroxylation is 1. The van der Waals surface area contributed by atoms with E-state index < -0.39 is 50.4 Å². The molecule has 9 nitrogen and oxygen atoms in total. The Morgan fingerprint density at radius 2 is 2.00 bits per heavy atom. The van der Waals surface area contributed by atoms with Crippen molar-refractivity contribution in [2.45, 2.75) is 31.8 Å². The molecule has 36 heavy (non-hydrogen) atoms. The van der Waals surface area contributed by atoms with Crippen LogP contribution in [-0.2, 0) is 33.1 Å². The van der Waals surface area contributed by atoms with Gasteiger partial charge in [0.2, 0.25) is 5.91 Å². The molecule has 13 heteroatoms. The first-order chi connectivity index (χ1) is 17.0. The maximum absolute atomic E-state index is 14.9. The normalized spacial score (nSPS) is 18.6. The molecule has 1 aromatic carbocycles. The molecule has 0 saturated heterocycles. The lowest BCUT2D eigenvalue weighted by atomic mass is 9.89. The molecule has 0 saturated carbocycles. The number of pyridine rings is 1. The largest absolute Gasteiger partial charge is 0.339 e. The molecular formula is C23H20F3N5O4S. The summed E-state index contributed by atoms with van der Waals surface area (Å²) in [4.78, 5) is 29.9. The Kier molecular flexibility index (Phi) is 5.62. The van der Waals surface area contributed by atoms with E-state index in [0.29, 0.717) is 12.0 Å². The van der Waals surface area contributed by atoms with Crippen molar-refractivity contribution in [2.24, 2.45) is 0 Å². The van der Waals surface area contributed by atoms with Crippen LogP contribution in [0.2, 0.25) is 0 Å². The van der Waals surface area contributed by atoms with Gasteiger partial charge in [-0.15, -0.1) is 0 Å². The number of amides is 2. The Hall–Kier alpha value is -3.74. The lowest BCUT2D eigenvalue weighted by Crippen LogP contribution is -2.53. The van der Waals surface area contributed by atoms with Crippen LogP contribution in [0.5, 0.6) is 0 Å². The van der Waals surface area contributed by atoms with Gasteiger partial charge in [0.15, 0.2) is 15.5 Å². The van der Waals surface area contributed by atoms with Gasteiger partial charge in [-0.3, -0.25) is 19.3 Å². The third kappa shape index (κ3) is 4.02. The minimum atomic E-state index is -3.68. The quantitative estimate of drug-likeness (QED) is 0.534. The van der Waals surface area contributed by atoms with Gasteiger partial charge in [0.25, 0.3) is 5.91 Å². The van der Waals surface area contributed by atoms with Crippen molar-refractivity contribution in [2.75, 3.05) is 16.8 Å². The molecule has 188 valence electrons. The number of halogens is 3. The van der Waals surface area contributed by atoms with E-state index >= 15 is 0 Å². The minimum absolute atomic E-state index is 0.0113. The summed E-state index contributed by atoms with van der Waals surface area (Å²) in [6.07, 6.45) is 1.54. The van der Waals surface area contributed by atoms with E-state index in [4.69, 9.17) is 0 Å². The highest BCUT2D eigenvalue weighted by atomic mass is 32.2. The number of aromatic nitrogens is 3. The van der Waals surface area contributed by atoms with Gasteiger partial charge in [-0.2, -0.15) is 5.10 Å². The van der Waals surface area contributed by atoms with Gasteiger partial charge in [-0.25, -0.2) is 21.6 Å². The zero-order valence-corrected chi connectivity index (χ0v) is 19.8. The summed E-state index contributed by atoms with van der Waals surface area (Å²) in [7, 11) is -3.68. The standard InChI is InChI=1S/C23H20F3N5O4S/c1-2-36(34,35)10-17(32)28-20-19(16-4-3-13(24)9-27-16)30-31-11-23(29-22(33)21(20)31)6-5-12-7-14(25)8-15(26)18(12)23/h3-4,7-9H,2,5-6,10-11H2,1H3,(H,28,32)(H,29,33)/t23-/m0/s1. The fraction of sp³-hybridized carbons (Fsp3) is 0.304. The van der Waals surface area contributed by atoms with Gasteiger partial charge in [0.1, 0.15) is 34.6 Å². The highest BCUT2D eigenvalue weighted by Gasteiger charge is 2.48. The van der Waals surface area contributed by atoms with Crippen LogP contribution in [0.3, 0.4) is 0 Å². The van der Waals surface area contributed by atoms with Crippen molar-refractivity contribution >= 4 is 27.3 Å². The van der Waals surface area contributed by atoms with E-state index in [2.05, 4.69) is 20.7 Å². The minimum Gasteiger partial charge on any atom is -0.339 e. The number of anilines is 1. The second kappa shape index (κ2) is 8.43. The molecule has 2 aliphatic rings. The summed E-state index contributed by atoms with van der Waals surface area (Å²) in [5, 5.41) is 9.67. The number of sulfone groups is 1. The van der Waals surface area contributed by atoms with Crippen LogP contribution in [0.1, 0.15) is 35.0 Å². The number of nitrogens with zero attached hydrogens (tertiary/aromatic N) is 3. The van der Waals surface area contributed by atoms with E-state index in [9.17, 15) is 31.2 Å². The van der Waals surface area contributed by atoms with E-state index in [-0.39, 0.29) is 47.1 Å². The second-order valence-corrected chi connectivity index (χ2v) is 11.1. The Labute approximate surface area is 203 Å². The molecule has 1 atom stereocenters. The lowest BCUT2D eigenvalue weighted by molar-refractivity contribution is -0.113. The first kappa shape index (κ1) is 24.0. The molecule has 2 N–H and O–H groups in total. The van der Waals surface area contributed by atoms with Crippen LogP contribution in [-0.4, -0.2) is 46.5 Å². The number of nitrogens with one attached hydrogen (secondary N) is 2. The van der Waals surface area contributed by atoms with Gasteiger partial charge < -0.3 is 10.6 Å². The number of rotatable bonds is 5. The summed E-state index contributed by atoms with van der Waals surface area (Å²) >= 11 is 0. The molecule has 1 spiro atoms. The zero-order chi connectivity index (χ0) is 25.8. The van der Waals surface area contributed by atoms with Crippen molar-refractivity contribution in [3.63, 3.8) is 0 Å². The van der Waals surface area contributed by atoms with Gasteiger partial charge in [0, 0.05) is 17.4 Å². The average molecular weight is 520 g/mol. The van der Waals surface area contributed by atoms with Crippen molar-refractivity contribution < 1.29 is 31.2 Å². The van der Waals surface area contributed by atoms with Crippen LogP contribution < -0.4 is 10.6 Å². The fourth-order valence-electron chi connectivity index (χ4n) is 4.79. The molecule has 2 aromatic heterocycles. The van der Waals surface area contributed by atoms with E-state index in [0.717, 1.165) is 18.3 Å². The van der Waals surface area contributed by atoms with Crippen molar-refractivity contribution in [3.05, 3.63) is 64.7 Å². The molecule has 1 aliphatic carbocycles. The average Bonchev–Trinajstić information content (AvgIpc) is 3.32. The molecule has 0 unspecified atom stereocenters. The van der Waals surface area contributed by atoms with Gasteiger partial charge in [-0.1, -0.05) is 6.92 Å². The molecule has 2 amide bonds. The van der Waals surface area contributed by atoms with Crippen molar-refractivity contribution in [3.8, 4) is 11.4 Å². The summed E-state index contributed by atoms with van der Waals surface area (Å²) in [6.45, 7) is 1.36. The SMILES string of the molecule is CCS(=O)(=O)CC(=O)Nc1c(-c2ccc(F)cn2)nn2c1C(=O)N[C@@]1(CCc3cc(F)cc(F)c31)C2. The lowest BCUT2D eigenvalue weighted by Gasteiger charge is -2.36. The second-order valence-electron chi connectivity index (χ2n) is 8.77. The number of carbonyl (C=O) groups excluding carboxylic acids is 2. The third-order valence-corrected chi connectivity index (χ3v) is 7.98. The number of carbonyl (C=O) groups is 2. The Morgan fingerprint density at radius 3 is 2.69 bits per heavy atom.